The highest BCUT2D eigenvalue weighted by atomic mass is 16.5. The number of benzene rings is 1. The lowest BCUT2D eigenvalue weighted by atomic mass is 9.93. The molecule has 0 saturated carbocycles. The van der Waals surface area contributed by atoms with E-state index >= 15 is 0 Å². The van der Waals surface area contributed by atoms with E-state index < -0.39 is 0 Å². The number of hydrogen-bond acceptors (Lipinski definition) is 3. The van der Waals surface area contributed by atoms with E-state index in [2.05, 4.69) is 60.3 Å². The van der Waals surface area contributed by atoms with E-state index in [1.165, 1.54) is 5.56 Å². The molecule has 1 aromatic carbocycles. The van der Waals surface area contributed by atoms with E-state index in [1.54, 1.807) is 0 Å². The Hall–Kier alpha value is -1.81. The van der Waals surface area contributed by atoms with Gasteiger partial charge in [-0.05, 0) is 55.5 Å². The summed E-state index contributed by atoms with van der Waals surface area (Å²) in [7, 11) is 0. The first-order valence-corrected chi connectivity index (χ1v) is 8.99. The Labute approximate surface area is 145 Å². The van der Waals surface area contributed by atoms with Crippen LogP contribution in [0.3, 0.4) is 0 Å². The van der Waals surface area contributed by atoms with E-state index in [0.717, 1.165) is 50.3 Å². The molecule has 1 N–H and O–H groups in total. The van der Waals surface area contributed by atoms with Gasteiger partial charge >= 0.3 is 0 Å². The van der Waals surface area contributed by atoms with Gasteiger partial charge in [0.05, 0.1) is 18.8 Å². The molecule has 24 heavy (non-hydrogen) atoms. The summed E-state index contributed by atoms with van der Waals surface area (Å²) in [5.74, 6) is 0.936. The lowest BCUT2D eigenvalue weighted by Crippen LogP contribution is -2.29. The van der Waals surface area contributed by atoms with Gasteiger partial charge in [0.2, 0.25) is 0 Å². The maximum atomic E-state index is 5.93. The minimum absolute atomic E-state index is 0.299. The number of nitrogens with zero attached hydrogens (tertiary/aromatic N) is 2. The average molecular weight is 327 g/mol. The lowest BCUT2D eigenvalue weighted by molar-refractivity contribution is 0.243. The molecule has 2 heterocycles. The van der Waals surface area contributed by atoms with Crippen molar-refractivity contribution in [2.75, 3.05) is 19.7 Å². The van der Waals surface area contributed by atoms with Crippen LogP contribution in [-0.2, 0) is 0 Å². The first-order valence-electron chi connectivity index (χ1n) is 8.99. The molecule has 0 spiro atoms. The van der Waals surface area contributed by atoms with Crippen LogP contribution in [0.4, 0.5) is 0 Å². The molecule has 1 aliphatic heterocycles. The minimum Gasteiger partial charge on any atom is -0.494 e. The molecule has 1 aliphatic rings. The van der Waals surface area contributed by atoms with Gasteiger partial charge in [0.1, 0.15) is 5.75 Å². The highest BCUT2D eigenvalue weighted by molar-refractivity contribution is 5.63. The number of nitrogens with one attached hydrogen (secondary N) is 1. The van der Waals surface area contributed by atoms with Crippen LogP contribution in [0, 0.1) is 5.41 Å². The summed E-state index contributed by atoms with van der Waals surface area (Å²) in [6.45, 7) is 9.63. The zero-order valence-electron chi connectivity index (χ0n) is 15.1. The Morgan fingerprint density at radius 1 is 1.21 bits per heavy atom. The predicted molar refractivity (Wildman–Crippen MR) is 98.4 cm³/mol. The molecule has 1 fully saturated rings. The van der Waals surface area contributed by atoms with Crippen molar-refractivity contribution in [3.63, 3.8) is 0 Å². The zero-order valence-corrected chi connectivity index (χ0v) is 15.1. The van der Waals surface area contributed by atoms with E-state index in [9.17, 15) is 0 Å². The van der Waals surface area contributed by atoms with Crippen LogP contribution in [0.1, 0.15) is 46.1 Å². The smallest absolute Gasteiger partial charge is 0.119 e. The van der Waals surface area contributed by atoms with Gasteiger partial charge in [0, 0.05) is 11.8 Å². The maximum Gasteiger partial charge on any atom is 0.119 e. The molecule has 4 heteroatoms. The van der Waals surface area contributed by atoms with Crippen LogP contribution in [0.25, 0.3) is 11.1 Å². The van der Waals surface area contributed by atoms with Crippen LogP contribution >= 0.6 is 0 Å². The minimum atomic E-state index is 0.299. The first kappa shape index (κ1) is 17.0. The highest BCUT2D eigenvalue weighted by Gasteiger charge is 2.16. The van der Waals surface area contributed by atoms with Crippen LogP contribution in [0.5, 0.6) is 5.75 Å². The molecular formula is C20H29N3O. The van der Waals surface area contributed by atoms with Gasteiger partial charge in [-0.15, -0.1) is 0 Å². The fraction of sp³-hybridized carbons (Fsp3) is 0.550. The highest BCUT2D eigenvalue weighted by Crippen LogP contribution is 2.27. The van der Waals surface area contributed by atoms with Gasteiger partial charge in [0.25, 0.3) is 0 Å². The van der Waals surface area contributed by atoms with E-state index in [4.69, 9.17) is 4.74 Å². The molecule has 0 amide bonds. The molecule has 0 unspecified atom stereocenters. The molecular weight excluding hydrogens is 298 g/mol. The van der Waals surface area contributed by atoms with Crippen LogP contribution in [0.15, 0.2) is 36.7 Å². The van der Waals surface area contributed by atoms with E-state index in [1.807, 2.05) is 12.3 Å². The molecule has 0 bridgehead atoms. The van der Waals surface area contributed by atoms with Crippen LogP contribution < -0.4 is 10.1 Å². The van der Waals surface area contributed by atoms with Gasteiger partial charge in [-0.25, -0.2) is 0 Å². The molecule has 3 rings (SSSR count). The average Bonchev–Trinajstić information content (AvgIpc) is 3.05. The Morgan fingerprint density at radius 3 is 2.75 bits per heavy atom. The Morgan fingerprint density at radius 2 is 2.00 bits per heavy atom. The number of aromatic nitrogens is 2. The van der Waals surface area contributed by atoms with Crippen molar-refractivity contribution in [3.8, 4) is 16.9 Å². The van der Waals surface area contributed by atoms with Gasteiger partial charge in [0.15, 0.2) is 0 Å². The molecule has 1 aromatic heterocycles. The predicted octanol–water partition coefficient (Wildman–Crippen LogP) is 4.29. The summed E-state index contributed by atoms with van der Waals surface area (Å²) in [6, 6.07) is 8.85. The van der Waals surface area contributed by atoms with Crippen molar-refractivity contribution >= 4 is 0 Å². The SMILES string of the molecule is CC(C)(C)CCOc1cccc(-c2cnn(C3CCNCC3)c2)c1. The third kappa shape index (κ3) is 4.60. The molecule has 1 saturated heterocycles. The van der Waals surface area contributed by atoms with Crippen molar-refractivity contribution < 1.29 is 4.74 Å². The van der Waals surface area contributed by atoms with E-state index in [-0.39, 0.29) is 0 Å². The molecule has 4 nitrogen and oxygen atoms in total. The normalized spacial score (nSPS) is 16.3. The Balaban J connectivity index is 1.66. The monoisotopic (exact) mass is 327 g/mol. The third-order valence-corrected chi connectivity index (χ3v) is 4.57. The summed E-state index contributed by atoms with van der Waals surface area (Å²) in [4.78, 5) is 0. The number of ether oxygens (including phenoxy) is 1. The second-order valence-corrected chi connectivity index (χ2v) is 7.88. The topological polar surface area (TPSA) is 39.1 Å². The van der Waals surface area contributed by atoms with Crippen LogP contribution in [-0.4, -0.2) is 29.5 Å². The van der Waals surface area contributed by atoms with Gasteiger partial charge < -0.3 is 10.1 Å². The summed E-state index contributed by atoms with van der Waals surface area (Å²) in [6.07, 6.45) is 7.49. The molecule has 2 aromatic rings. The van der Waals surface area contributed by atoms with Crippen LogP contribution in [0.2, 0.25) is 0 Å². The summed E-state index contributed by atoms with van der Waals surface area (Å²) >= 11 is 0. The molecule has 0 atom stereocenters. The lowest BCUT2D eigenvalue weighted by Gasteiger charge is -2.22. The number of piperidine rings is 1. The fourth-order valence-corrected chi connectivity index (χ4v) is 3.00. The van der Waals surface area contributed by atoms with Crippen molar-refractivity contribution in [2.45, 2.75) is 46.1 Å². The van der Waals surface area contributed by atoms with Gasteiger partial charge in [-0.3, -0.25) is 4.68 Å². The van der Waals surface area contributed by atoms with Gasteiger partial charge in [-0.1, -0.05) is 32.9 Å². The number of rotatable bonds is 5. The quantitative estimate of drug-likeness (QED) is 0.890. The maximum absolute atomic E-state index is 5.93. The standard InChI is InChI=1S/C20H29N3O/c1-20(2,3)9-12-24-19-6-4-5-16(13-19)17-14-22-23(15-17)18-7-10-21-11-8-18/h4-6,13-15,18,21H,7-12H2,1-3H3. The molecule has 0 aliphatic carbocycles. The Bertz CT molecular complexity index is 651. The fourth-order valence-electron chi connectivity index (χ4n) is 3.00. The summed E-state index contributed by atoms with van der Waals surface area (Å²) in [5, 5.41) is 7.99. The largest absolute Gasteiger partial charge is 0.494 e. The molecule has 130 valence electrons. The second-order valence-electron chi connectivity index (χ2n) is 7.88. The van der Waals surface area contributed by atoms with Crippen molar-refractivity contribution in [1.82, 2.24) is 15.1 Å². The second kappa shape index (κ2) is 7.39. The Kier molecular flexibility index (Phi) is 5.24. The van der Waals surface area contributed by atoms with Gasteiger partial charge in [-0.2, -0.15) is 5.10 Å². The summed E-state index contributed by atoms with van der Waals surface area (Å²) < 4.78 is 8.06. The summed E-state index contributed by atoms with van der Waals surface area (Å²) in [5.41, 5.74) is 2.63. The number of hydrogen-bond donors (Lipinski definition) is 1. The van der Waals surface area contributed by atoms with Crippen molar-refractivity contribution in [2.24, 2.45) is 5.41 Å². The van der Waals surface area contributed by atoms with E-state index in [0.29, 0.717) is 11.5 Å². The third-order valence-electron chi connectivity index (χ3n) is 4.57. The van der Waals surface area contributed by atoms with Crippen molar-refractivity contribution in [1.29, 1.82) is 0 Å². The zero-order chi connectivity index (χ0) is 17.0. The van der Waals surface area contributed by atoms with Crippen molar-refractivity contribution in [3.05, 3.63) is 36.7 Å². The molecule has 0 radical (unpaired) electrons. The first-order chi connectivity index (χ1) is 11.5.